The predicted octanol–water partition coefficient (Wildman–Crippen LogP) is 4.46. The minimum absolute atomic E-state index is 0.168. The average Bonchev–Trinajstić information content (AvgIpc) is 3.30. The zero-order valence-electron chi connectivity index (χ0n) is 16.6. The molecule has 1 aromatic carbocycles. The maximum atomic E-state index is 11.9. The van der Waals surface area contributed by atoms with Crippen molar-refractivity contribution in [3.8, 4) is 5.75 Å². The van der Waals surface area contributed by atoms with Gasteiger partial charge in [-0.15, -0.1) is 11.3 Å². The predicted molar refractivity (Wildman–Crippen MR) is 131 cm³/mol. The monoisotopic (exact) mass is 538 g/mol. The topological polar surface area (TPSA) is 83.6 Å². The number of thiophene rings is 1. The summed E-state index contributed by atoms with van der Waals surface area (Å²) in [6, 6.07) is 14.8. The van der Waals surface area contributed by atoms with Crippen molar-refractivity contribution in [1.29, 1.82) is 0 Å². The highest BCUT2D eigenvalue weighted by molar-refractivity contribution is 9.11. The number of aromatic nitrogens is 1. The summed E-state index contributed by atoms with van der Waals surface area (Å²) in [5.74, 6) is 0.420. The maximum absolute atomic E-state index is 11.9. The first kappa shape index (κ1) is 22.0. The second kappa shape index (κ2) is 8.73. The molecule has 2 N–H and O–H groups in total. The van der Waals surface area contributed by atoms with Gasteiger partial charge < -0.3 is 15.0 Å². The quantitative estimate of drug-likeness (QED) is 0.448. The van der Waals surface area contributed by atoms with Gasteiger partial charge in [-0.05, 0) is 70.6 Å². The van der Waals surface area contributed by atoms with Crippen molar-refractivity contribution in [2.75, 3.05) is 23.0 Å². The summed E-state index contributed by atoms with van der Waals surface area (Å²) in [6.07, 6.45) is 2.86. The molecular formula is C20H19BrN4O3S3. The third kappa shape index (κ3) is 4.69. The molecule has 1 aliphatic rings. The Bertz CT molecular complexity index is 1220. The van der Waals surface area contributed by atoms with E-state index in [1.54, 1.807) is 29.7 Å². The number of ether oxygens (including phenoxy) is 1. The normalized spacial score (nSPS) is 18.7. The molecule has 0 aliphatic carbocycles. The van der Waals surface area contributed by atoms with E-state index in [4.69, 9.17) is 17.0 Å². The van der Waals surface area contributed by atoms with Gasteiger partial charge in [0.05, 0.1) is 40.6 Å². The second-order valence-electron chi connectivity index (χ2n) is 6.90. The third-order valence-corrected chi connectivity index (χ3v) is 7.34. The van der Waals surface area contributed by atoms with E-state index in [1.807, 2.05) is 35.2 Å². The summed E-state index contributed by atoms with van der Waals surface area (Å²) in [7, 11) is -2.00. The first-order valence-electron chi connectivity index (χ1n) is 9.18. The molecule has 0 spiro atoms. The van der Waals surface area contributed by atoms with Gasteiger partial charge in [-0.2, -0.15) is 0 Å². The number of pyridine rings is 1. The largest absolute Gasteiger partial charge is 0.495 e. The summed E-state index contributed by atoms with van der Waals surface area (Å²) in [5, 5.41) is 3.92. The number of methoxy groups -OCH3 is 1. The van der Waals surface area contributed by atoms with Gasteiger partial charge in [-0.25, -0.2) is 8.42 Å². The molecule has 11 heteroatoms. The number of benzene rings is 1. The molecule has 0 bridgehead atoms. The van der Waals surface area contributed by atoms with Gasteiger partial charge in [0.1, 0.15) is 5.75 Å². The van der Waals surface area contributed by atoms with Crippen molar-refractivity contribution in [2.45, 2.75) is 12.1 Å². The SMILES string of the molecule is COc1ccc(N2C(=S)N[C@H](c3ccccn3)[C@@H]2c2ccc(Br)s2)cc1NS(C)(=O)=O. The molecule has 0 unspecified atom stereocenters. The van der Waals surface area contributed by atoms with E-state index in [0.717, 1.165) is 26.3 Å². The van der Waals surface area contributed by atoms with Gasteiger partial charge in [0.25, 0.3) is 0 Å². The smallest absolute Gasteiger partial charge is 0.229 e. The number of nitrogens with zero attached hydrogens (tertiary/aromatic N) is 2. The van der Waals surface area contributed by atoms with Crippen molar-refractivity contribution >= 4 is 66.0 Å². The number of hydrogen-bond donors (Lipinski definition) is 2. The first-order chi connectivity index (χ1) is 14.8. The number of hydrogen-bond acceptors (Lipinski definition) is 6. The second-order valence-corrected chi connectivity index (χ2v) is 11.5. The van der Waals surface area contributed by atoms with Crippen molar-refractivity contribution in [3.63, 3.8) is 0 Å². The Hall–Kier alpha value is -2.21. The number of thiocarbonyl (C=S) groups is 1. The van der Waals surface area contributed by atoms with Crippen LogP contribution in [-0.2, 0) is 10.0 Å². The fraction of sp³-hybridized carbons (Fsp3) is 0.200. The van der Waals surface area contributed by atoms with Crippen LogP contribution in [0.4, 0.5) is 11.4 Å². The van der Waals surface area contributed by atoms with Gasteiger partial charge in [0.15, 0.2) is 5.11 Å². The van der Waals surface area contributed by atoms with Crippen molar-refractivity contribution in [1.82, 2.24) is 10.3 Å². The van der Waals surface area contributed by atoms with E-state index in [1.165, 1.54) is 7.11 Å². The van der Waals surface area contributed by atoms with Crippen LogP contribution in [0.5, 0.6) is 5.75 Å². The van der Waals surface area contributed by atoms with Gasteiger partial charge in [0.2, 0.25) is 10.0 Å². The molecule has 2 aromatic heterocycles. The first-order valence-corrected chi connectivity index (χ1v) is 13.1. The standard InChI is InChI=1S/C20H19BrN4O3S3/c1-28-15-7-6-12(11-14(15)24-31(2,26)27)25-19(16-8-9-17(21)30-16)18(23-20(25)29)13-5-3-4-10-22-13/h3-11,18-19,24H,1-2H3,(H,23,29)/t18-,19+/m1/s1. The zero-order chi connectivity index (χ0) is 22.2. The van der Waals surface area contributed by atoms with Crippen LogP contribution in [0, 0.1) is 0 Å². The molecule has 0 radical (unpaired) electrons. The van der Waals surface area contributed by atoms with E-state index < -0.39 is 10.0 Å². The number of rotatable bonds is 6. The van der Waals surface area contributed by atoms with E-state index in [9.17, 15) is 8.42 Å². The van der Waals surface area contributed by atoms with Crippen LogP contribution in [0.3, 0.4) is 0 Å². The summed E-state index contributed by atoms with van der Waals surface area (Å²) in [6.45, 7) is 0. The van der Waals surface area contributed by atoms with Gasteiger partial charge in [-0.3, -0.25) is 9.71 Å². The zero-order valence-corrected chi connectivity index (χ0v) is 20.6. The highest BCUT2D eigenvalue weighted by atomic mass is 79.9. The van der Waals surface area contributed by atoms with Crippen LogP contribution in [-0.4, -0.2) is 31.9 Å². The lowest BCUT2D eigenvalue weighted by molar-refractivity contribution is 0.417. The molecule has 2 atom stereocenters. The van der Waals surface area contributed by atoms with Gasteiger partial charge in [0, 0.05) is 16.8 Å². The van der Waals surface area contributed by atoms with Crippen molar-refractivity contribution in [3.05, 3.63) is 69.1 Å². The highest BCUT2D eigenvalue weighted by Crippen LogP contribution is 2.45. The number of sulfonamides is 1. The molecule has 4 rings (SSSR count). The van der Waals surface area contributed by atoms with E-state index in [0.29, 0.717) is 16.5 Å². The molecular weight excluding hydrogens is 520 g/mol. The number of anilines is 2. The summed E-state index contributed by atoms with van der Waals surface area (Å²) >= 11 is 10.9. The number of nitrogens with one attached hydrogen (secondary N) is 2. The summed E-state index contributed by atoms with van der Waals surface area (Å²) in [5.41, 5.74) is 1.94. The Kier molecular flexibility index (Phi) is 6.20. The van der Waals surface area contributed by atoms with Crippen molar-refractivity contribution < 1.29 is 13.2 Å². The maximum Gasteiger partial charge on any atom is 0.229 e. The molecule has 1 saturated heterocycles. The van der Waals surface area contributed by atoms with Gasteiger partial charge in [-0.1, -0.05) is 6.07 Å². The summed E-state index contributed by atoms with van der Waals surface area (Å²) < 4.78 is 32.6. The van der Waals surface area contributed by atoms with Crippen LogP contribution >= 0.6 is 39.5 Å². The van der Waals surface area contributed by atoms with Crippen LogP contribution in [0.1, 0.15) is 22.7 Å². The van der Waals surface area contributed by atoms with Crippen LogP contribution in [0.25, 0.3) is 0 Å². The average molecular weight is 540 g/mol. The van der Waals surface area contributed by atoms with E-state index in [-0.39, 0.29) is 12.1 Å². The summed E-state index contributed by atoms with van der Waals surface area (Å²) in [4.78, 5) is 7.60. The van der Waals surface area contributed by atoms with Crippen LogP contribution < -0.4 is 19.7 Å². The fourth-order valence-corrected chi connectivity index (χ4v) is 5.99. The highest BCUT2D eigenvalue weighted by Gasteiger charge is 2.41. The molecule has 1 fully saturated rings. The van der Waals surface area contributed by atoms with Crippen LogP contribution in [0.2, 0.25) is 0 Å². The molecule has 31 heavy (non-hydrogen) atoms. The number of halogens is 1. The van der Waals surface area contributed by atoms with Gasteiger partial charge >= 0.3 is 0 Å². The minimum Gasteiger partial charge on any atom is -0.495 e. The molecule has 0 saturated carbocycles. The van der Waals surface area contributed by atoms with E-state index in [2.05, 4.69) is 37.0 Å². The molecule has 3 aromatic rings. The Morgan fingerprint density at radius 1 is 1.26 bits per heavy atom. The van der Waals surface area contributed by atoms with E-state index >= 15 is 0 Å². The Morgan fingerprint density at radius 2 is 2.06 bits per heavy atom. The fourth-order valence-electron chi connectivity index (χ4n) is 3.53. The third-order valence-electron chi connectivity index (χ3n) is 4.74. The Morgan fingerprint density at radius 3 is 2.68 bits per heavy atom. The Labute approximate surface area is 198 Å². The molecule has 162 valence electrons. The van der Waals surface area contributed by atoms with Crippen LogP contribution in [0.15, 0.2) is 58.5 Å². The lowest BCUT2D eigenvalue weighted by Gasteiger charge is -2.27. The molecule has 3 heterocycles. The minimum atomic E-state index is -3.49. The molecule has 7 nitrogen and oxygen atoms in total. The molecule has 1 aliphatic heterocycles. The molecule has 0 amide bonds. The Balaban J connectivity index is 1.82. The lowest BCUT2D eigenvalue weighted by atomic mass is 10.0. The lowest BCUT2D eigenvalue weighted by Crippen LogP contribution is -2.29. The van der Waals surface area contributed by atoms with Crippen molar-refractivity contribution in [2.24, 2.45) is 0 Å².